The molecule has 1 aliphatic rings. The fourth-order valence-corrected chi connectivity index (χ4v) is 1.92. The molecular formula is C12H15ClF2N2O. The molecule has 1 aromatic rings. The molecule has 1 heterocycles. The van der Waals surface area contributed by atoms with Crippen molar-refractivity contribution in [2.45, 2.75) is 18.9 Å². The fraction of sp³-hybridized carbons (Fsp3) is 0.417. The number of hydrogen-bond acceptors (Lipinski definition) is 2. The number of benzene rings is 1. The van der Waals surface area contributed by atoms with Crippen molar-refractivity contribution in [3.05, 3.63) is 35.4 Å². The van der Waals surface area contributed by atoms with Crippen LogP contribution in [-0.2, 0) is 0 Å². The minimum absolute atomic E-state index is 0. The van der Waals surface area contributed by atoms with Crippen molar-refractivity contribution in [3.8, 4) is 0 Å². The van der Waals surface area contributed by atoms with Gasteiger partial charge in [0.1, 0.15) is 0 Å². The summed E-state index contributed by atoms with van der Waals surface area (Å²) in [6, 6.07) is 3.59. The second kappa shape index (κ2) is 6.66. The summed E-state index contributed by atoms with van der Waals surface area (Å²) in [5.74, 6) is -2.65. The third-order valence-corrected chi connectivity index (χ3v) is 2.83. The second-order valence-corrected chi connectivity index (χ2v) is 4.12. The third-order valence-electron chi connectivity index (χ3n) is 2.83. The van der Waals surface area contributed by atoms with E-state index in [4.69, 9.17) is 0 Å². The predicted molar refractivity (Wildman–Crippen MR) is 67.0 cm³/mol. The van der Waals surface area contributed by atoms with E-state index in [1.807, 2.05) is 0 Å². The summed E-state index contributed by atoms with van der Waals surface area (Å²) >= 11 is 0. The lowest BCUT2D eigenvalue weighted by atomic mass is 10.1. The van der Waals surface area contributed by atoms with Crippen molar-refractivity contribution >= 4 is 18.3 Å². The van der Waals surface area contributed by atoms with Crippen LogP contribution in [0, 0.1) is 11.6 Å². The van der Waals surface area contributed by atoms with Crippen molar-refractivity contribution in [2.24, 2.45) is 0 Å². The minimum atomic E-state index is -1.09. The van der Waals surface area contributed by atoms with Gasteiger partial charge in [0.2, 0.25) is 0 Å². The first-order valence-electron chi connectivity index (χ1n) is 5.64. The summed E-state index contributed by atoms with van der Waals surface area (Å²) in [7, 11) is 0. The number of halogens is 3. The molecule has 0 unspecified atom stereocenters. The molecule has 0 bridgehead atoms. The summed E-state index contributed by atoms with van der Waals surface area (Å²) in [6.45, 7) is 1.60. The lowest BCUT2D eigenvalue weighted by Crippen LogP contribution is -2.45. The largest absolute Gasteiger partial charge is 0.348 e. The Morgan fingerprint density at radius 1 is 1.39 bits per heavy atom. The molecule has 0 radical (unpaired) electrons. The molecule has 1 atom stereocenters. The van der Waals surface area contributed by atoms with Crippen LogP contribution in [-0.4, -0.2) is 25.0 Å². The highest BCUT2D eigenvalue weighted by molar-refractivity contribution is 5.94. The van der Waals surface area contributed by atoms with E-state index in [9.17, 15) is 13.6 Å². The summed E-state index contributed by atoms with van der Waals surface area (Å²) < 4.78 is 26.3. The van der Waals surface area contributed by atoms with Crippen LogP contribution in [0.2, 0.25) is 0 Å². The minimum Gasteiger partial charge on any atom is -0.348 e. The molecule has 1 fully saturated rings. The van der Waals surface area contributed by atoms with E-state index in [1.54, 1.807) is 0 Å². The van der Waals surface area contributed by atoms with E-state index in [-0.39, 0.29) is 24.0 Å². The maximum Gasteiger partial charge on any atom is 0.254 e. The molecular weight excluding hydrogens is 262 g/mol. The average Bonchev–Trinajstić information content (AvgIpc) is 2.34. The van der Waals surface area contributed by atoms with Crippen LogP contribution in [0.5, 0.6) is 0 Å². The first-order chi connectivity index (χ1) is 8.18. The zero-order valence-electron chi connectivity index (χ0n) is 9.71. The van der Waals surface area contributed by atoms with Gasteiger partial charge in [-0.1, -0.05) is 6.07 Å². The van der Waals surface area contributed by atoms with Gasteiger partial charge in [-0.05, 0) is 31.5 Å². The molecule has 0 aliphatic carbocycles. The van der Waals surface area contributed by atoms with Gasteiger partial charge in [0.25, 0.3) is 5.91 Å². The Bertz CT molecular complexity index is 423. The maximum atomic E-state index is 13.4. The molecule has 6 heteroatoms. The van der Waals surface area contributed by atoms with Gasteiger partial charge in [-0.15, -0.1) is 12.4 Å². The number of rotatable bonds is 2. The molecule has 3 nitrogen and oxygen atoms in total. The Hall–Kier alpha value is -1.20. The normalized spacial score (nSPS) is 18.9. The van der Waals surface area contributed by atoms with Crippen LogP contribution in [0.1, 0.15) is 23.2 Å². The van der Waals surface area contributed by atoms with Crippen LogP contribution in [0.4, 0.5) is 8.78 Å². The fourth-order valence-electron chi connectivity index (χ4n) is 1.92. The van der Waals surface area contributed by atoms with Crippen molar-refractivity contribution in [1.82, 2.24) is 10.6 Å². The monoisotopic (exact) mass is 276 g/mol. The highest BCUT2D eigenvalue weighted by atomic mass is 35.5. The van der Waals surface area contributed by atoms with Gasteiger partial charge in [0.05, 0.1) is 5.56 Å². The molecule has 2 N–H and O–H groups in total. The average molecular weight is 277 g/mol. The first kappa shape index (κ1) is 14.9. The number of hydrogen-bond donors (Lipinski definition) is 2. The summed E-state index contributed by atoms with van der Waals surface area (Å²) in [5, 5.41) is 5.83. The molecule has 1 saturated heterocycles. The number of piperidine rings is 1. The maximum absolute atomic E-state index is 13.4. The molecule has 0 spiro atoms. The van der Waals surface area contributed by atoms with Gasteiger partial charge in [-0.2, -0.15) is 0 Å². The van der Waals surface area contributed by atoms with Gasteiger partial charge in [-0.25, -0.2) is 8.78 Å². The predicted octanol–water partition coefficient (Wildman–Crippen LogP) is 1.87. The number of nitrogens with one attached hydrogen (secondary N) is 2. The number of amides is 1. The zero-order chi connectivity index (χ0) is 12.3. The Kier molecular flexibility index (Phi) is 5.50. The Morgan fingerprint density at radius 2 is 2.17 bits per heavy atom. The standard InChI is InChI=1S/C12H14F2N2O.ClH/c13-10-5-1-4-9(11(10)14)12(17)16-8-3-2-6-15-7-8;/h1,4-5,8,15H,2-3,6-7H2,(H,16,17);1H/t8-;/m0./s1. The molecule has 18 heavy (non-hydrogen) atoms. The van der Waals surface area contributed by atoms with Crippen LogP contribution in [0.3, 0.4) is 0 Å². The van der Waals surface area contributed by atoms with Crippen LogP contribution < -0.4 is 10.6 Å². The molecule has 1 aromatic carbocycles. The van der Waals surface area contributed by atoms with Gasteiger partial charge in [0, 0.05) is 12.6 Å². The molecule has 0 saturated carbocycles. The smallest absolute Gasteiger partial charge is 0.254 e. The Morgan fingerprint density at radius 3 is 2.83 bits per heavy atom. The molecule has 2 rings (SSSR count). The SMILES string of the molecule is Cl.O=C(N[C@H]1CCCNC1)c1cccc(F)c1F. The van der Waals surface area contributed by atoms with E-state index < -0.39 is 17.5 Å². The zero-order valence-corrected chi connectivity index (χ0v) is 10.5. The van der Waals surface area contributed by atoms with Crippen LogP contribution >= 0.6 is 12.4 Å². The van der Waals surface area contributed by atoms with Gasteiger partial charge >= 0.3 is 0 Å². The Labute approximate surface area is 110 Å². The van der Waals surface area contributed by atoms with Crippen LogP contribution in [0.15, 0.2) is 18.2 Å². The van der Waals surface area contributed by atoms with Crippen molar-refractivity contribution in [1.29, 1.82) is 0 Å². The topological polar surface area (TPSA) is 41.1 Å². The lowest BCUT2D eigenvalue weighted by molar-refractivity contribution is 0.0925. The van der Waals surface area contributed by atoms with Crippen molar-refractivity contribution < 1.29 is 13.6 Å². The summed E-state index contributed by atoms with van der Waals surface area (Å²) in [6.07, 6.45) is 1.83. The van der Waals surface area contributed by atoms with E-state index in [1.165, 1.54) is 12.1 Å². The van der Waals surface area contributed by atoms with E-state index in [0.29, 0.717) is 6.54 Å². The van der Waals surface area contributed by atoms with Crippen molar-refractivity contribution in [3.63, 3.8) is 0 Å². The van der Waals surface area contributed by atoms with E-state index in [0.717, 1.165) is 25.5 Å². The molecule has 1 amide bonds. The quantitative estimate of drug-likeness (QED) is 0.866. The lowest BCUT2D eigenvalue weighted by Gasteiger charge is -2.23. The summed E-state index contributed by atoms with van der Waals surface area (Å²) in [4.78, 5) is 11.7. The number of carbonyl (C=O) groups is 1. The second-order valence-electron chi connectivity index (χ2n) is 4.12. The van der Waals surface area contributed by atoms with Crippen LogP contribution in [0.25, 0.3) is 0 Å². The molecule has 100 valence electrons. The number of carbonyl (C=O) groups excluding carboxylic acids is 1. The molecule has 1 aliphatic heterocycles. The third kappa shape index (κ3) is 3.40. The Balaban J connectivity index is 0.00000162. The van der Waals surface area contributed by atoms with Gasteiger partial charge < -0.3 is 10.6 Å². The highest BCUT2D eigenvalue weighted by Crippen LogP contribution is 2.12. The van der Waals surface area contributed by atoms with Gasteiger partial charge in [0.15, 0.2) is 11.6 Å². The van der Waals surface area contributed by atoms with E-state index >= 15 is 0 Å². The first-order valence-corrected chi connectivity index (χ1v) is 5.64. The van der Waals surface area contributed by atoms with Gasteiger partial charge in [-0.3, -0.25) is 4.79 Å². The molecule has 0 aromatic heterocycles. The summed E-state index contributed by atoms with van der Waals surface area (Å²) in [5.41, 5.74) is -0.240. The highest BCUT2D eigenvalue weighted by Gasteiger charge is 2.19. The van der Waals surface area contributed by atoms with Crippen molar-refractivity contribution in [2.75, 3.05) is 13.1 Å². The van der Waals surface area contributed by atoms with E-state index in [2.05, 4.69) is 10.6 Å².